The van der Waals surface area contributed by atoms with E-state index in [-0.39, 0.29) is 5.91 Å². The van der Waals surface area contributed by atoms with E-state index >= 15 is 0 Å². The number of amides is 1. The zero-order valence-corrected chi connectivity index (χ0v) is 15.5. The van der Waals surface area contributed by atoms with Crippen molar-refractivity contribution in [3.8, 4) is 5.75 Å². The van der Waals surface area contributed by atoms with Gasteiger partial charge < -0.3 is 19.5 Å². The van der Waals surface area contributed by atoms with Gasteiger partial charge in [0.25, 0.3) is 0 Å². The molecule has 1 saturated heterocycles. The highest BCUT2D eigenvalue weighted by molar-refractivity contribution is 5.77. The van der Waals surface area contributed by atoms with Crippen molar-refractivity contribution in [2.75, 3.05) is 26.9 Å². The van der Waals surface area contributed by atoms with Gasteiger partial charge in [0.15, 0.2) is 5.79 Å². The molecule has 5 nitrogen and oxygen atoms in total. The second kappa shape index (κ2) is 7.75. The van der Waals surface area contributed by atoms with Crippen LogP contribution in [0, 0.1) is 12.8 Å². The largest absolute Gasteiger partial charge is 0.496 e. The normalized spacial score (nSPS) is 20.3. The molecule has 1 aromatic carbocycles. The molecule has 1 amide bonds. The lowest BCUT2D eigenvalue weighted by atomic mass is 9.89. The summed E-state index contributed by atoms with van der Waals surface area (Å²) in [6.45, 7) is 5.82. The van der Waals surface area contributed by atoms with Gasteiger partial charge in [-0.1, -0.05) is 12.1 Å². The molecule has 0 bridgehead atoms. The zero-order valence-electron chi connectivity index (χ0n) is 15.5. The smallest absolute Gasteiger partial charge is 0.220 e. The Balaban J connectivity index is 1.54. The summed E-state index contributed by atoms with van der Waals surface area (Å²) < 4.78 is 16.5. The lowest BCUT2D eigenvalue weighted by Gasteiger charge is -2.23. The summed E-state index contributed by atoms with van der Waals surface area (Å²) in [6.07, 6.45) is 3.63. The molecular formula is C20H29NO4. The average Bonchev–Trinajstić information content (AvgIpc) is 3.34. The first-order chi connectivity index (χ1) is 12.0. The molecule has 1 heterocycles. The quantitative estimate of drug-likeness (QED) is 0.785. The summed E-state index contributed by atoms with van der Waals surface area (Å²) in [6, 6.07) is 6.27. The maximum Gasteiger partial charge on any atom is 0.220 e. The second-order valence-corrected chi connectivity index (χ2v) is 7.31. The molecular weight excluding hydrogens is 318 g/mol. The SMILES string of the molecule is COc1ccc(C(CC(=O)NCCC2(C)OCCO2)C2CC2)cc1C. The number of nitrogens with one attached hydrogen (secondary N) is 1. The predicted octanol–water partition coefficient (Wildman–Crippen LogP) is 3.16. The number of carbonyl (C=O) groups excluding carboxylic acids is 1. The zero-order chi connectivity index (χ0) is 17.9. The van der Waals surface area contributed by atoms with E-state index in [1.54, 1.807) is 7.11 Å². The molecule has 0 aromatic heterocycles. The minimum absolute atomic E-state index is 0.104. The number of aryl methyl sites for hydroxylation is 1. The molecule has 25 heavy (non-hydrogen) atoms. The van der Waals surface area contributed by atoms with Crippen molar-refractivity contribution in [3.05, 3.63) is 29.3 Å². The van der Waals surface area contributed by atoms with Crippen LogP contribution < -0.4 is 10.1 Å². The molecule has 2 fully saturated rings. The van der Waals surface area contributed by atoms with Crippen LogP contribution in [0.15, 0.2) is 18.2 Å². The van der Waals surface area contributed by atoms with Crippen LogP contribution in [-0.4, -0.2) is 38.6 Å². The van der Waals surface area contributed by atoms with Crippen molar-refractivity contribution in [2.24, 2.45) is 5.92 Å². The lowest BCUT2D eigenvalue weighted by molar-refractivity contribution is -0.146. The number of hydrogen-bond donors (Lipinski definition) is 1. The molecule has 0 spiro atoms. The molecule has 2 aliphatic rings. The first kappa shape index (κ1) is 18.2. The Bertz CT molecular complexity index is 606. The lowest BCUT2D eigenvalue weighted by Crippen LogP contribution is -2.34. The Morgan fingerprint density at radius 3 is 2.68 bits per heavy atom. The summed E-state index contributed by atoms with van der Waals surface area (Å²) in [5.74, 6) is 1.37. The van der Waals surface area contributed by atoms with Gasteiger partial charge in [-0.05, 0) is 55.7 Å². The number of carbonyl (C=O) groups is 1. The Labute approximate surface area is 150 Å². The van der Waals surface area contributed by atoms with E-state index in [9.17, 15) is 4.79 Å². The van der Waals surface area contributed by atoms with E-state index in [0.717, 1.165) is 11.3 Å². The minimum atomic E-state index is -0.545. The van der Waals surface area contributed by atoms with Gasteiger partial charge >= 0.3 is 0 Å². The highest BCUT2D eigenvalue weighted by Gasteiger charge is 2.34. The highest BCUT2D eigenvalue weighted by atomic mass is 16.7. The van der Waals surface area contributed by atoms with Gasteiger partial charge in [-0.3, -0.25) is 4.79 Å². The van der Waals surface area contributed by atoms with Crippen LogP contribution in [0.25, 0.3) is 0 Å². The van der Waals surface area contributed by atoms with E-state index in [4.69, 9.17) is 14.2 Å². The Kier molecular flexibility index (Phi) is 5.64. The van der Waals surface area contributed by atoms with E-state index in [1.165, 1.54) is 18.4 Å². The molecule has 1 unspecified atom stereocenters. The topological polar surface area (TPSA) is 56.8 Å². The highest BCUT2D eigenvalue weighted by Crippen LogP contribution is 2.45. The molecule has 138 valence electrons. The third kappa shape index (κ3) is 4.73. The van der Waals surface area contributed by atoms with Gasteiger partial charge in [0.1, 0.15) is 5.75 Å². The summed E-state index contributed by atoms with van der Waals surface area (Å²) in [7, 11) is 1.69. The molecule has 1 N–H and O–H groups in total. The van der Waals surface area contributed by atoms with Crippen LogP contribution in [-0.2, 0) is 14.3 Å². The standard InChI is InChI=1S/C20H29NO4/c1-14-12-16(6-7-18(14)23-3)17(15-4-5-15)13-19(22)21-9-8-20(2)24-10-11-25-20/h6-7,12,15,17H,4-5,8-11,13H2,1-3H3,(H,21,22). The van der Waals surface area contributed by atoms with Crippen molar-refractivity contribution in [2.45, 2.75) is 51.2 Å². The molecule has 0 radical (unpaired) electrons. The Morgan fingerprint density at radius 2 is 2.08 bits per heavy atom. The van der Waals surface area contributed by atoms with Crippen LogP contribution in [0.3, 0.4) is 0 Å². The molecule has 1 aliphatic heterocycles. The number of methoxy groups -OCH3 is 1. The van der Waals surface area contributed by atoms with Gasteiger partial charge in [-0.2, -0.15) is 0 Å². The third-order valence-corrected chi connectivity index (χ3v) is 5.24. The fourth-order valence-electron chi connectivity index (χ4n) is 3.59. The predicted molar refractivity (Wildman–Crippen MR) is 95.7 cm³/mol. The summed E-state index contributed by atoms with van der Waals surface area (Å²) >= 11 is 0. The third-order valence-electron chi connectivity index (χ3n) is 5.24. The van der Waals surface area contributed by atoms with E-state index in [0.29, 0.717) is 44.4 Å². The molecule has 3 rings (SSSR count). The van der Waals surface area contributed by atoms with Gasteiger partial charge in [-0.25, -0.2) is 0 Å². The van der Waals surface area contributed by atoms with Crippen LogP contribution in [0.5, 0.6) is 5.75 Å². The van der Waals surface area contributed by atoms with Crippen molar-refractivity contribution < 1.29 is 19.0 Å². The molecule has 1 aliphatic carbocycles. The number of ether oxygens (including phenoxy) is 3. The van der Waals surface area contributed by atoms with Crippen molar-refractivity contribution in [1.29, 1.82) is 0 Å². The first-order valence-corrected chi connectivity index (χ1v) is 9.20. The van der Waals surface area contributed by atoms with Crippen LogP contribution in [0.4, 0.5) is 0 Å². The number of benzene rings is 1. The fraction of sp³-hybridized carbons (Fsp3) is 0.650. The first-order valence-electron chi connectivity index (χ1n) is 9.20. The van der Waals surface area contributed by atoms with Crippen LogP contribution in [0.1, 0.15) is 49.7 Å². The monoisotopic (exact) mass is 347 g/mol. The number of hydrogen-bond acceptors (Lipinski definition) is 4. The second-order valence-electron chi connectivity index (χ2n) is 7.31. The number of rotatable bonds is 8. The molecule has 5 heteroatoms. The van der Waals surface area contributed by atoms with Crippen LogP contribution >= 0.6 is 0 Å². The summed E-state index contributed by atoms with van der Waals surface area (Å²) in [5, 5.41) is 3.03. The van der Waals surface area contributed by atoms with Crippen molar-refractivity contribution in [1.82, 2.24) is 5.32 Å². The fourth-order valence-corrected chi connectivity index (χ4v) is 3.59. The van der Waals surface area contributed by atoms with Gasteiger partial charge in [0, 0.05) is 19.4 Å². The van der Waals surface area contributed by atoms with Gasteiger partial charge in [0.05, 0.1) is 20.3 Å². The van der Waals surface area contributed by atoms with Crippen molar-refractivity contribution in [3.63, 3.8) is 0 Å². The van der Waals surface area contributed by atoms with E-state index < -0.39 is 5.79 Å². The van der Waals surface area contributed by atoms with Gasteiger partial charge in [0.2, 0.25) is 5.91 Å². The van der Waals surface area contributed by atoms with Gasteiger partial charge in [-0.15, -0.1) is 0 Å². The Hall–Kier alpha value is -1.59. The molecule has 1 aromatic rings. The molecule has 1 atom stereocenters. The summed E-state index contributed by atoms with van der Waals surface area (Å²) in [5.41, 5.74) is 2.36. The van der Waals surface area contributed by atoms with E-state index in [2.05, 4.69) is 24.4 Å². The molecule has 1 saturated carbocycles. The van der Waals surface area contributed by atoms with Crippen molar-refractivity contribution >= 4 is 5.91 Å². The Morgan fingerprint density at radius 1 is 1.36 bits per heavy atom. The minimum Gasteiger partial charge on any atom is -0.496 e. The summed E-state index contributed by atoms with van der Waals surface area (Å²) in [4.78, 5) is 12.4. The van der Waals surface area contributed by atoms with E-state index in [1.807, 2.05) is 13.0 Å². The average molecular weight is 347 g/mol. The maximum absolute atomic E-state index is 12.4. The maximum atomic E-state index is 12.4. The van der Waals surface area contributed by atoms with Crippen LogP contribution in [0.2, 0.25) is 0 Å².